The topological polar surface area (TPSA) is 105 Å². The number of carbonyl (C=O) groups excluding carboxylic acids is 3. The fraction of sp³-hybridized carbons (Fsp3) is 0.361. The maximum Gasteiger partial charge on any atom is 0.415 e. The van der Waals surface area contributed by atoms with Crippen molar-refractivity contribution in [1.82, 2.24) is 0 Å². The number of amides is 1. The van der Waals surface area contributed by atoms with Crippen LogP contribution in [0.15, 0.2) is 78.0 Å². The smallest absolute Gasteiger partial charge is 0.415 e. The van der Waals surface area contributed by atoms with Gasteiger partial charge in [0.15, 0.2) is 0 Å². The van der Waals surface area contributed by atoms with E-state index in [2.05, 4.69) is 26.1 Å². The summed E-state index contributed by atoms with van der Waals surface area (Å²) in [6.07, 6.45) is 0.927. The van der Waals surface area contributed by atoms with Gasteiger partial charge in [0.1, 0.15) is 43.2 Å². The van der Waals surface area contributed by atoms with Crippen molar-refractivity contribution >= 4 is 31.0 Å². The van der Waals surface area contributed by atoms with E-state index in [9.17, 15) is 9.90 Å². The molecule has 0 radical (unpaired) electrons. The van der Waals surface area contributed by atoms with E-state index in [0.29, 0.717) is 35.7 Å². The molecule has 0 bridgehead atoms. The summed E-state index contributed by atoms with van der Waals surface area (Å²) in [6, 6.07) is 18.6. The average Bonchev–Trinajstić information content (AvgIpc) is 3.16. The summed E-state index contributed by atoms with van der Waals surface area (Å²) in [6.45, 7) is 16.8. The molecule has 0 saturated heterocycles. The number of allylic oxidation sites excluding steroid dienone is 1. The highest BCUT2D eigenvalue weighted by Crippen LogP contribution is 2.48. The maximum absolute atomic E-state index is 16.1. The van der Waals surface area contributed by atoms with Crippen LogP contribution >= 0.6 is 0 Å². The third kappa shape index (κ3) is 9.41. The molecule has 0 saturated carbocycles. The van der Waals surface area contributed by atoms with Crippen molar-refractivity contribution in [1.29, 1.82) is 0 Å². The summed E-state index contributed by atoms with van der Waals surface area (Å²) in [7, 11) is 0. The first-order valence-corrected chi connectivity index (χ1v) is 14.8. The van der Waals surface area contributed by atoms with Crippen LogP contribution in [0.3, 0.4) is 0 Å². The number of hydrogen-bond acceptors (Lipinski definition) is 7. The van der Waals surface area contributed by atoms with Crippen LogP contribution in [0.25, 0.3) is 0 Å². The molecule has 0 fully saturated rings. The Hall–Kier alpha value is -4.66. The Balaban J connectivity index is 0.00000169. The molecule has 8 nitrogen and oxygen atoms in total. The number of rotatable bonds is 9. The fourth-order valence-corrected chi connectivity index (χ4v) is 4.84. The molecule has 4 rings (SSSR count). The van der Waals surface area contributed by atoms with Crippen LogP contribution in [0.5, 0.6) is 11.5 Å². The summed E-state index contributed by atoms with van der Waals surface area (Å²) in [4.78, 5) is 31.2. The van der Waals surface area contributed by atoms with E-state index in [0.717, 1.165) is 23.3 Å². The van der Waals surface area contributed by atoms with E-state index >= 15 is 4.39 Å². The molecule has 1 atom stereocenters. The van der Waals surface area contributed by atoms with Crippen molar-refractivity contribution in [3.63, 3.8) is 0 Å². The number of fused-ring (bicyclic) bond motifs is 1. The lowest BCUT2D eigenvalue weighted by Crippen LogP contribution is -2.37. The van der Waals surface area contributed by atoms with Crippen LogP contribution in [0.2, 0.25) is 0 Å². The first-order chi connectivity index (χ1) is 21.5. The Morgan fingerprint density at radius 3 is 2.31 bits per heavy atom. The Kier molecular flexibility index (Phi) is 13.8. The van der Waals surface area contributed by atoms with Crippen LogP contribution in [0.1, 0.15) is 71.6 Å². The molecule has 0 spiro atoms. The second-order valence-corrected chi connectivity index (χ2v) is 11.9. The number of hydrogen-bond donors (Lipinski definition) is 2. The van der Waals surface area contributed by atoms with Gasteiger partial charge in [0.25, 0.3) is 0 Å². The number of nitrogens with one attached hydrogen (secondary N) is 1. The molecule has 45 heavy (non-hydrogen) atoms. The van der Waals surface area contributed by atoms with E-state index in [-0.39, 0.29) is 23.7 Å². The van der Waals surface area contributed by atoms with Gasteiger partial charge in [-0.25, -0.2) is 9.18 Å². The van der Waals surface area contributed by atoms with E-state index in [1.165, 1.54) is 11.0 Å². The molecule has 3 aromatic carbocycles. The van der Waals surface area contributed by atoms with Gasteiger partial charge in [-0.05, 0) is 60.1 Å². The maximum atomic E-state index is 16.1. The zero-order valence-corrected chi connectivity index (χ0v) is 27.1. The average molecular weight is 621 g/mol. The molecule has 0 aromatic heterocycles. The molecule has 242 valence electrons. The number of carbonyl (C=O) groups is 3. The molecule has 1 heterocycles. The lowest BCUT2D eigenvalue weighted by Gasteiger charge is -2.32. The molecule has 2 N–H and O–H groups in total. The van der Waals surface area contributed by atoms with Crippen LogP contribution in [-0.2, 0) is 20.9 Å². The quantitative estimate of drug-likeness (QED) is 0.231. The summed E-state index contributed by atoms with van der Waals surface area (Å²) in [5, 5.41) is 14.3. The molecule has 3 aromatic rings. The number of nitrogens with zero attached hydrogens (tertiary/aromatic N) is 1. The Morgan fingerprint density at radius 2 is 1.71 bits per heavy atom. The second kappa shape index (κ2) is 17.0. The van der Waals surface area contributed by atoms with E-state index in [1.54, 1.807) is 30.3 Å². The van der Waals surface area contributed by atoms with Crippen molar-refractivity contribution in [2.45, 2.75) is 67.0 Å². The highest BCUT2D eigenvalue weighted by Gasteiger charge is 2.38. The molecule has 1 aliphatic heterocycles. The molecule has 9 heteroatoms. The van der Waals surface area contributed by atoms with Gasteiger partial charge in [-0.15, -0.1) is 0 Å². The minimum Gasteiger partial charge on any atom is -0.506 e. The molecular formula is C36H45FN2O6. The fourth-order valence-electron chi connectivity index (χ4n) is 4.84. The van der Waals surface area contributed by atoms with Crippen molar-refractivity contribution in [3.8, 4) is 11.5 Å². The summed E-state index contributed by atoms with van der Waals surface area (Å²) in [5.41, 5.74) is 3.59. The molecule has 1 amide bonds. The van der Waals surface area contributed by atoms with Crippen molar-refractivity contribution in [2.75, 3.05) is 16.8 Å². The second-order valence-electron chi connectivity index (χ2n) is 11.9. The molecule has 1 aliphatic rings. The summed E-state index contributed by atoms with van der Waals surface area (Å²) < 4.78 is 27.6. The Bertz CT molecular complexity index is 1440. The number of phenolic OH excluding ortho intramolecular Hbond substituents is 1. The number of phenols is 1. The molecular weight excluding hydrogens is 575 g/mol. The lowest BCUT2D eigenvalue weighted by molar-refractivity contribution is -0.0987. The van der Waals surface area contributed by atoms with Gasteiger partial charge in [-0.3, -0.25) is 4.90 Å². The van der Waals surface area contributed by atoms with Crippen molar-refractivity contribution < 1.29 is 33.4 Å². The number of anilines is 2. The van der Waals surface area contributed by atoms with Gasteiger partial charge in [-0.2, -0.15) is 0 Å². The van der Waals surface area contributed by atoms with Gasteiger partial charge < -0.3 is 29.5 Å². The highest BCUT2D eigenvalue weighted by atomic mass is 19.1. The normalized spacial score (nSPS) is 14.1. The van der Waals surface area contributed by atoms with Gasteiger partial charge in [-0.1, -0.05) is 77.4 Å². The monoisotopic (exact) mass is 620 g/mol. The van der Waals surface area contributed by atoms with Crippen molar-refractivity contribution in [2.24, 2.45) is 11.3 Å². The van der Waals surface area contributed by atoms with Crippen LogP contribution in [0.4, 0.5) is 20.6 Å². The van der Waals surface area contributed by atoms with E-state index < -0.39 is 18.0 Å². The summed E-state index contributed by atoms with van der Waals surface area (Å²) in [5.74, 6) is -0.00175. The predicted molar refractivity (Wildman–Crippen MR) is 176 cm³/mol. The van der Waals surface area contributed by atoms with E-state index in [1.807, 2.05) is 64.7 Å². The van der Waals surface area contributed by atoms with Gasteiger partial charge in [0.05, 0.1) is 18.3 Å². The van der Waals surface area contributed by atoms with Gasteiger partial charge in [0.2, 0.25) is 0 Å². The third-order valence-electron chi connectivity index (χ3n) is 7.56. The van der Waals surface area contributed by atoms with Crippen LogP contribution < -0.4 is 15.0 Å². The Morgan fingerprint density at radius 1 is 1.04 bits per heavy atom. The van der Waals surface area contributed by atoms with Gasteiger partial charge in [0, 0.05) is 17.3 Å². The minimum atomic E-state index is -0.823. The SMILES string of the molecule is C=O.C=O.CCC(C)(C)CC1=C(C)C(c2ccc(OCc3ccccc3)cc2F)N(C(=O)OCC(C)C)c2cccc(O)c2N1. The summed E-state index contributed by atoms with van der Waals surface area (Å²) >= 11 is 0. The molecule has 1 unspecified atom stereocenters. The van der Waals surface area contributed by atoms with Crippen LogP contribution in [0, 0.1) is 17.2 Å². The number of halogens is 1. The largest absolute Gasteiger partial charge is 0.506 e. The lowest BCUT2D eigenvalue weighted by atomic mass is 9.83. The number of benzene rings is 3. The van der Waals surface area contributed by atoms with Gasteiger partial charge >= 0.3 is 6.09 Å². The number of para-hydroxylation sites is 1. The first kappa shape index (κ1) is 36.5. The Labute approximate surface area is 265 Å². The standard InChI is InChI=1S/C34H41FN2O4.2CH2O/c1-7-34(5,6)19-28-23(4)32(26-17-16-25(18-27(26)35)40-21-24-12-9-8-10-13-24)37(33(39)41-20-22(2)3)29-14-11-15-30(38)31(29)36-28;2*1-2/h8-18,22,32,36,38H,7,19-21H2,1-6H3;2*1H2. The van der Waals surface area contributed by atoms with E-state index in [4.69, 9.17) is 19.1 Å². The van der Waals surface area contributed by atoms with Crippen molar-refractivity contribution in [3.05, 3.63) is 94.9 Å². The number of ether oxygens (including phenoxy) is 2. The van der Waals surface area contributed by atoms with Crippen LogP contribution in [-0.4, -0.2) is 31.4 Å². The first-order valence-electron chi connectivity index (χ1n) is 14.8. The highest BCUT2D eigenvalue weighted by molar-refractivity contribution is 5.96. The zero-order chi connectivity index (χ0) is 33.7. The third-order valence-corrected chi connectivity index (χ3v) is 7.56. The predicted octanol–water partition coefficient (Wildman–Crippen LogP) is 8.61. The molecule has 0 aliphatic carbocycles. The minimum absolute atomic E-state index is 0.00505. The number of aromatic hydroxyl groups is 1. The zero-order valence-electron chi connectivity index (χ0n) is 27.1.